The van der Waals surface area contributed by atoms with Gasteiger partial charge in [-0.2, -0.15) is 0 Å². The van der Waals surface area contributed by atoms with Gasteiger partial charge in [-0.25, -0.2) is 0 Å². The van der Waals surface area contributed by atoms with Crippen molar-refractivity contribution in [1.82, 2.24) is 5.32 Å². The molecule has 0 amide bonds. The summed E-state index contributed by atoms with van der Waals surface area (Å²) in [6, 6.07) is 9.32. The molecular weight excluding hydrogens is 258 g/mol. The van der Waals surface area contributed by atoms with Crippen molar-refractivity contribution in [1.29, 1.82) is 0 Å². The van der Waals surface area contributed by atoms with E-state index in [0.717, 1.165) is 18.7 Å². The van der Waals surface area contributed by atoms with Crippen molar-refractivity contribution in [3.05, 3.63) is 29.8 Å². The summed E-state index contributed by atoms with van der Waals surface area (Å²) in [6.45, 7) is 5.49. The van der Waals surface area contributed by atoms with E-state index in [9.17, 15) is 0 Å². The highest BCUT2D eigenvalue weighted by Gasteiger charge is 2.56. The van der Waals surface area contributed by atoms with Gasteiger partial charge in [-0.1, -0.05) is 45.2 Å². The molecule has 2 heteroatoms. The van der Waals surface area contributed by atoms with Crippen LogP contribution in [0.2, 0.25) is 0 Å². The van der Waals surface area contributed by atoms with Gasteiger partial charge in [-0.05, 0) is 43.5 Å². The Morgan fingerprint density at radius 1 is 1.19 bits per heavy atom. The second-order valence-electron chi connectivity index (χ2n) is 6.75. The second-order valence-corrected chi connectivity index (χ2v) is 6.75. The minimum atomic E-state index is 0.399. The molecule has 0 saturated heterocycles. The van der Waals surface area contributed by atoms with Crippen molar-refractivity contribution in [3.63, 3.8) is 0 Å². The van der Waals surface area contributed by atoms with E-state index in [4.69, 9.17) is 4.74 Å². The lowest BCUT2D eigenvalue weighted by molar-refractivity contribution is -0.102. The summed E-state index contributed by atoms with van der Waals surface area (Å²) < 4.78 is 6.42. The Hall–Kier alpha value is -1.02. The summed E-state index contributed by atoms with van der Waals surface area (Å²) in [4.78, 5) is 0. The molecule has 2 unspecified atom stereocenters. The van der Waals surface area contributed by atoms with Gasteiger partial charge in [0.1, 0.15) is 11.9 Å². The van der Waals surface area contributed by atoms with E-state index in [1.807, 2.05) is 0 Å². The fourth-order valence-corrected chi connectivity index (χ4v) is 4.33. The molecule has 3 rings (SSSR count). The number of hydrogen-bond donors (Lipinski definition) is 1. The lowest BCUT2D eigenvalue weighted by atomic mass is 9.55. The third-order valence-electron chi connectivity index (χ3n) is 5.61. The normalized spacial score (nSPS) is 27.3. The molecule has 21 heavy (non-hydrogen) atoms. The predicted octanol–water partition coefficient (Wildman–Crippen LogP) is 4.33. The molecule has 2 atom stereocenters. The van der Waals surface area contributed by atoms with Crippen molar-refractivity contribution < 1.29 is 4.74 Å². The fraction of sp³-hybridized carbons (Fsp3) is 0.684. The first-order chi connectivity index (χ1) is 10.3. The van der Waals surface area contributed by atoms with Gasteiger partial charge in [0.15, 0.2) is 0 Å². The highest BCUT2D eigenvalue weighted by Crippen LogP contribution is 2.53. The Morgan fingerprint density at radius 2 is 2.00 bits per heavy atom. The third kappa shape index (κ3) is 2.83. The topological polar surface area (TPSA) is 21.3 Å². The van der Waals surface area contributed by atoms with Crippen molar-refractivity contribution in [2.24, 2.45) is 5.41 Å². The van der Waals surface area contributed by atoms with E-state index in [-0.39, 0.29) is 0 Å². The van der Waals surface area contributed by atoms with Crippen molar-refractivity contribution in [2.45, 2.75) is 70.9 Å². The number of ether oxygens (including phenoxy) is 1. The molecule has 0 radical (unpaired) electrons. The Balaban J connectivity index is 1.72. The number of nitrogens with one attached hydrogen (secondary N) is 1. The lowest BCUT2D eigenvalue weighted by Crippen LogP contribution is -2.65. The van der Waals surface area contributed by atoms with Gasteiger partial charge in [-0.3, -0.25) is 0 Å². The fourth-order valence-electron chi connectivity index (χ4n) is 4.33. The first-order valence-electron chi connectivity index (χ1n) is 8.77. The van der Waals surface area contributed by atoms with Crippen molar-refractivity contribution in [2.75, 3.05) is 6.54 Å². The lowest BCUT2D eigenvalue weighted by Gasteiger charge is -2.57. The van der Waals surface area contributed by atoms with Gasteiger partial charge in [0.2, 0.25) is 0 Å². The van der Waals surface area contributed by atoms with Crippen molar-refractivity contribution in [3.8, 4) is 5.75 Å². The van der Waals surface area contributed by atoms with Crippen LogP contribution >= 0.6 is 0 Å². The molecule has 0 bridgehead atoms. The quantitative estimate of drug-likeness (QED) is 0.870. The van der Waals surface area contributed by atoms with E-state index < -0.39 is 0 Å². The maximum Gasteiger partial charge on any atom is 0.120 e. The number of benzene rings is 1. The second kappa shape index (κ2) is 6.39. The molecule has 0 aliphatic heterocycles. The van der Waals surface area contributed by atoms with E-state index in [0.29, 0.717) is 17.6 Å². The van der Waals surface area contributed by atoms with Gasteiger partial charge >= 0.3 is 0 Å². The van der Waals surface area contributed by atoms with E-state index in [1.165, 1.54) is 44.1 Å². The highest BCUT2D eigenvalue weighted by atomic mass is 16.5. The van der Waals surface area contributed by atoms with Crippen LogP contribution in [0.5, 0.6) is 5.75 Å². The first-order valence-corrected chi connectivity index (χ1v) is 8.77. The molecule has 116 valence electrons. The van der Waals surface area contributed by atoms with Crippen LogP contribution < -0.4 is 10.1 Å². The smallest absolute Gasteiger partial charge is 0.120 e. The Morgan fingerprint density at radius 3 is 2.71 bits per heavy atom. The Kier molecular flexibility index (Phi) is 4.54. The van der Waals surface area contributed by atoms with Crippen LogP contribution in [-0.4, -0.2) is 18.7 Å². The standard InChI is InChI=1S/C19H29NO/c1-3-15-9-8-10-16(13-15)21-18-14-17(20-4-2)19(18)11-6-5-7-12-19/h8-10,13,17-18,20H,3-7,11-12,14H2,1-2H3. The molecule has 0 aromatic heterocycles. The highest BCUT2D eigenvalue weighted by molar-refractivity contribution is 5.29. The van der Waals surface area contributed by atoms with Crippen LogP contribution in [-0.2, 0) is 6.42 Å². The summed E-state index contributed by atoms with van der Waals surface area (Å²) in [5.41, 5.74) is 1.77. The number of rotatable bonds is 5. The molecule has 2 saturated carbocycles. The molecule has 1 N–H and O–H groups in total. The van der Waals surface area contributed by atoms with Gasteiger partial charge < -0.3 is 10.1 Å². The molecule has 0 heterocycles. The van der Waals surface area contributed by atoms with E-state index in [2.05, 4.69) is 43.4 Å². The van der Waals surface area contributed by atoms with E-state index in [1.54, 1.807) is 0 Å². The number of aryl methyl sites for hydroxylation is 1. The molecule has 1 aromatic rings. The van der Waals surface area contributed by atoms with Crippen LogP contribution in [0.15, 0.2) is 24.3 Å². The van der Waals surface area contributed by atoms with Crippen molar-refractivity contribution >= 4 is 0 Å². The molecule has 2 aliphatic carbocycles. The Bertz CT molecular complexity index is 464. The zero-order valence-electron chi connectivity index (χ0n) is 13.5. The van der Waals surface area contributed by atoms with Crippen LogP contribution in [0, 0.1) is 5.41 Å². The molecular formula is C19H29NO. The molecule has 2 fully saturated rings. The van der Waals surface area contributed by atoms with Crippen LogP contribution in [0.3, 0.4) is 0 Å². The number of hydrogen-bond acceptors (Lipinski definition) is 2. The summed E-state index contributed by atoms with van der Waals surface area (Å²) >= 11 is 0. The molecule has 2 nitrogen and oxygen atoms in total. The van der Waals surface area contributed by atoms with Crippen LogP contribution in [0.25, 0.3) is 0 Å². The van der Waals surface area contributed by atoms with Gasteiger partial charge in [0.05, 0.1) is 0 Å². The summed E-state index contributed by atoms with van der Waals surface area (Å²) in [6.07, 6.45) is 9.48. The Labute approximate surface area is 129 Å². The minimum absolute atomic E-state index is 0.399. The van der Waals surface area contributed by atoms with Crippen LogP contribution in [0.4, 0.5) is 0 Å². The minimum Gasteiger partial charge on any atom is -0.490 e. The van der Waals surface area contributed by atoms with Gasteiger partial charge in [-0.15, -0.1) is 0 Å². The maximum atomic E-state index is 6.42. The van der Waals surface area contributed by atoms with Gasteiger partial charge in [0.25, 0.3) is 0 Å². The first kappa shape index (κ1) is 14.9. The summed E-state index contributed by atoms with van der Waals surface area (Å²) in [5, 5.41) is 3.70. The largest absolute Gasteiger partial charge is 0.490 e. The third-order valence-corrected chi connectivity index (χ3v) is 5.61. The zero-order valence-corrected chi connectivity index (χ0v) is 13.5. The SMILES string of the molecule is CCNC1CC(Oc2cccc(CC)c2)C12CCCCC2. The van der Waals surface area contributed by atoms with Crippen LogP contribution in [0.1, 0.15) is 57.9 Å². The molecule has 2 aliphatic rings. The summed E-state index contributed by atoms with van der Waals surface area (Å²) in [5.74, 6) is 1.07. The maximum absolute atomic E-state index is 6.42. The monoisotopic (exact) mass is 287 g/mol. The average molecular weight is 287 g/mol. The molecule has 1 aromatic carbocycles. The zero-order chi connectivity index (χ0) is 14.7. The average Bonchev–Trinajstić information content (AvgIpc) is 2.55. The summed E-state index contributed by atoms with van der Waals surface area (Å²) in [7, 11) is 0. The molecule has 1 spiro atoms. The van der Waals surface area contributed by atoms with E-state index >= 15 is 0 Å². The van der Waals surface area contributed by atoms with Gasteiger partial charge in [0, 0.05) is 17.9 Å². The predicted molar refractivity (Wildman–Crippen MR) is 87.8 cm³/mol.